The summed E-state index contributed by atoms with van der Waals surface area (Å²) in [7, 11) is 0. The van der Waals surface area contributed by atoms with Crippen LogP contribution in [0.25, 0.3) is 0 Å². The van der Waals surface area contributed by atoms with Crippen molar-refractivity contribution in [2.45, 2.75) is 51.3 Å². The van der Waals surface area contributed by atoms with Crippen LogP contribution in [0.3, 0.4) is 0 Å². The molecule has 1 atom stereocenters. The molecule has 21 heavy (non-hydrogen) atoms. The van der Waals surface area contributed by atoms with E-state index in [1.54, 1.807) is 24.3 Å². The molecular formula is C16H21NO4. The van der Waals surface area contributed by atoms with Gasteiger partial charge in [-0.3, -0.25) is 4.79 Å². The van der Waals surface area contributed by atoms with Gasteiger partial charge in [0.2, 0.25) is 6.41 Å². The van der Waals surface area contributed by atoms with Gasteiger partial charge in [-0.15, -0.1) is 0 Å². The number of carbonyl (C=O) groups is 2. The Hall–Kier alpha value is -2.04. The second-order valence-corrected chi connectivity index (χ2v) is 6.31. The smallest absolute Gasteiger partial charge is 0.334 e. The number of benzene rings is 1. The maximum atomic E-state index is 12.2. The van der Waals surface area contributed by atoms with Crippen molar-refractivity contribution in [2.24, 2.45) is 0 Å². The number of rotatable bonds is 4. The highest BCUT2D eigenvalue weighted by Crippen LogP contribution is 2.47. The highest BCUT2D eigenvalue weighted by atomic mass is 16.5. The van der Waals surface area contributed by atoms with Crippen LogP contribution in [0, 0.1) is 0 Å². The standard InChI is InChI=1S/C16H21NO4/c1-11(2)17(10-18)16(14(19)20)9-15(3,4)21-13-8-6-5-7-12(13)16/h5-8,10-11H,9H2,1-4H3,(H,19,20). The summed E-state index contributed by atoms with van der Waals surface area (Å²) in [5, 5.41) is 9.96. The molecule has 1 amide bonds. The predicted octanol–water partition coefficient (Wildman–Crippen LogP) is 2.39. The van der Waals surface area contributed by atoms with E-state index in [2.05, 4.69) is 0 Å². The molecule has 0 fully saturated rings. The van der Waals surface area contributed by atoms with E-state index in [-0.39, 0.29) is 12.5 Å². The third-order valence-electron chi connectivity index (χ3n) is 3.86. The van der Waals surface area contributed by atoms with Crippen molar-refractivity contribution in [2.75, 3.05) is 0 Å². The zero-order chi connectivity index (χ0) is 15.8. The second-order valence-electron chi connectivity index (χ2n) is 6.31. The van der Waals surface area contributed by atoms with Crippen molar-refractivity contribution < 1.29 is 19.4 Å². The minimum atomic E-state index is -1.41. The monoisotopic (exact) mass is 291 g/mol. The van der Waals surface area contributed by atoms with E-state index in [0.717, 1.165) is 0 Å². The molecule has 2 rings (SSSR count). The molecule has 1 aliphatic rings. The van der Waals surface area contributed by atoms with Crippen molar-refractivity contribution in [1.29, 1.82) is 0 Å². The van der Waals surface area contributed by atoms with Crippen LogP contribution in [0.5, 0.6) is 5.75 Å². The van der Waals surface area contributed by atoms with E-state index in [1.165, 1.54) is 4.90 Å². The first kappa shape index (κ1) is 15.4. The molecule has 0 aliphatic carbocycles. The van der Waals surface area contributed by atoms with Crippen molar-refractivity contribution >= 4 is 12.4 Å². The van der Waals surface area contributed by atoms with Crippen molar-refractivity contribution in [1.82, 2.24) is 4.90 Å². The summed E-state index contributed by atoms with van der Waals surface area (Å²) in [5.74, 6) is -0.518. The lowest BCUT2D eigenvalue weighted by Crippen LogP contribution is -2.60. The Kier molecular flexibility index (Phi) is 3.70. The SMILES string of the molecule is CC(C)N(C=O)C1(C(=O)O)CC(C)(C)Oc2ccccc21. The second kappa shape index (κ2) is 5.06. The molecule has 0 aromatic heterocycles. The number of para-hydroxylation sites is 1. The van der Waals surface area contributed by atoms with Crippen molar-refractivity contribution in [3.63, 3.8) is 0 Å². The Morgan fingerprint density at radius 1 is 1.38 bits per heavy atom. The molecule has 1 aromatic carbocycles. The first-order valence-electron chi connectivity index (χ1n) is 7.00. The van der Waals surface area contributed by atoms with Gasteiger partial charge in [0.05, 0.1) is 0 Å². The van der Waals surface area contributed by atoms with Gasteiger partial charge in [0.15, 0.2) is 5.54 Å². The molecule has 5 nitrogen and oxygen atoms in total. The zero-order valence-corrected chi connectivity index (χ0v) is 12.8. The molecule has 0 saturated heterocycles. The number of ether oxygens (including phenoxy) is 1. The van der Waals surface area contributed by atoms with Gasteiger partial charge in [0, 0.05) is 18.0 Å². The average molecular weight is 291 g/mol. The topological polar surface area (TPSA) is 66.8 Å². The van der Waals surface area contributed by atoms with Crippen LogP contribution in [-0.4, -0.2) is 34.0 Å². The molecule has 1 aromatic rings. The lowest BCUT2D eigenvalue weighted by molar-refractivity contribution is -0.164. The number of hydrogen-bond acceptors (Lipinski definition) is 3. The van der Waals surface area contributed by atoms with Crippen molar-refractivity contribution in [3.05, 3.63) is 29.8 Å². The van der Waals surface area contributed by atoms with Gasteiger partial charge in [0.25, 0.3) is 0 Å². The van der Waals surface area contributed by atoms with E-state index in [4.69, 9.17) is 4.74 Å². The van der Waals surface area contributed by atoms with E-state index in [1.807, 2.05) is 27.7 Å². The molecule has 1 unspecified atom stereocenters. The summed E-state index contributed by atoms with van der Waals surface area (Å²) >= 11 is 0. The van der Waals surface area contributed by atoms with Gasteiger partial charge in [-0.05, 0) is 33.8 Å². The van der Waals surface area contributed by atoms with Gasteiger partial charge >= 0.3 is 5.97 Å². The first-order valence-corrected chi connectivity index (χ1v) is 7.00. The van der Waals surface area contributed by atoms with Crippen LogP contribution >= 0.6 is 0 Å². The van der Waals surface area contributed by atoms with E-state index >= 15 is 0 Å². The van der Waals surface area contributed by atoms with Crippen LogP contribution < -0.4 is 4.74 Å². The molecule has 1 aliphatic heterocycles. The zero-order valence-electron chi connectivity index (χ0n) is 12.8. The fraction of sp³-hybridized carbons (Fsp3) is 0.500. The van der Waals surface area contributed by atoms with Crippen LogP contribution in [0.4, 0.5) is 0 Å². The Morgan fingerprint density at radius 2 is 2.00 bits per heavy atom. The Morgan fingerprint density at radius 3 is 2.52 bits per heavy atom. The highest BCUT2D eigenvalue weighted by molar-refractivity contribution is 5.85. The molecule has 0 saturated carbocycles. The summed E-state index contributed by atoms with van der Waals surface area (Å²) in [4.78, 5) is 25.1. The number of fused-ring (bicyclic) bond motifs is 1. The normalized spacial score (nSPS) is 23.1. The molecule has 0 bridgehead atoms. The van der Waals surface area contributed by atoms with Crippen molar-refractivity contribution in [3.8, 4) is 5.75 Å². The summed E-state index contributed by atoms with van der Waals surface area (Å²) < 4.78 is 5.89. The third-order valence-corrected chi connectivity index (χ3v) is 3.86. The summed E-state index contributed by atoms with van der Waals surface area (Å²) in [6, 6.07) is 6.80. The molecule has 0 spiro atoms. The fourth-order valence-corrected chi connectivity index (χ4v) is 3.13. The minimum absolute atomic E-state index is 0.198. The molecule has 1 N–H and O–H groups in total. The molecular weight excluding hydrogens is 270 g/mol. The van der Waals surface area contributed by atoms with Crippen LogP contribution in [0.2, 0.25) is 0 Å². The Bertz CT molecular complexity index is 567. The van der Waals surface area contributed by atoms with Crippen LogP contribution in [0.1, 0.15) is 39.7 Å². The number of nitrogens with zero attached hydrogens (tertiary/aromatic N) is 1. The van der Waals surface area contributed by atoms with Gasteiger partial charge in [-0.25, -0.2) is 4.79 Å². The fourth-order valence-electron chi connectivity index (χ4n) is 3.13. The molecule has 1 heterocycles. The maximum absolute atomic E-state index is 12.2. The average Bonchev–Trinajstić information content (AvgIpc) is 2.37. The highest BCUT2D eigenvalue weighted by Gasteiger charge is 2.55. The Labute approximate surface area is 124 Å². The van der Waals surface area contributed by atoms with Gasteiger partial charge in [-0.1, -0.05) is 18.2 Å². The summed E-state index contributed by atoms with van der Waals surface area (Å²) in [6.07, 6.45) is 0.820. The van der Waals surface area contributed by atoms with Gasteiger partial charge in [0.1, 0.15) is 11.4 Å². The number of carboxylic acids is 1. The molecule has 0 radical (unpaired) electrons. The van der Waals surface area contributed by atoms with E-state index in [0.29, 0.717) is 17.7 Å². The summed E-state index contributed by atoms with van der Waals surface area (Å²) in [5.41, 5.74) is -1.56. The van der Waals surface area contributed by atoms with E-state index in [9.17, 15) is 14.7 Å². The largest absolute Gasteiger partial charge is 0.487 e. The number of hydrogen-bond donors (Lipinski definition) is 1. The predicted molar refractivity (Wildman–Crippen MR) is 78.1 cm³/mol. The number of amides is 1. The number of carbonyl (C=O) groups excluding carboxylic acids is 1. The Balaban J connectivity index is 2.75. The third kappa shape index (κ3) is 2.37. The first-order chi connectivity index (χ1) is 9.74. The minimum Gasteiger partial charge on any atom is -0.487 e. The number of aliphatic carboxylic acids is 1. The van der Waals surface area contributed by atoms with E-state index < -0.39 is 17.1 Å². The number of carboxylic acid groups (broad SMARTS) is 1. The van der Waals surface area contributed by atoms with Crippen LogP contribution in [-0.2, 0) is 15.1 Å². The summed E-state index contributed by atoms with van der Waals surface area (Å²) in [6.45, 7) is 7.29. The lowest BCUT2D eigenvalue weighted by Gasteiger charge is -2.49. The van der Waals surface area contributed by atoms with Gasteiger partial charge < -0.3 is 14.7 Å². The van der Waals surface area contributed by atoms with Gasteiger partial charge in [-0.2, -0.15) is 0 Å². The maximum Gasteiger partial charge on any atom is 0.334 e. The molecule has 114 valence electrons. The quantitative estimate of drug-likeness (QED) is 0.865. The van der Waals surface area contributed by atoms with Crippen LogP contribution in [0.15, 0.2) is 24.3 Å². The lowest BCUT2D eigenvalue weighted by atomic mass is 9.76. The molecule has 5 heteroatoms.